The number of carbonyl (C=O) groups is 1. The zero-order chi connectivity index (χ0) is 27.7. The van der Waals surface area contributed by atoms with Gasteiger partial charge in [-0.25, -0.2) is 0 Å². The Morgan fingerprint density at radius 1 is 0.875 bits per heavy atom. The lowest BCUT2D eigenvalue weighted by atomic mass is 10.0. The first-order valence-corrected chi connectivity index (χ1v) is 13.9. The first-order chi connectivity index (χ1) is 19.6. The van der Waals surface area contributed by atoms with Gasteiger partial charge < -0.3 is 19.5 Å². The van der Waals surface area contributed by atoms with Crippen molar-refractivity contribution in [2.75, 3.05) is 32.1 Å². The molecule has 1 N–H and O–H groups in total. The van der Waals surface area contributed by atoms with Crippen LogP contribution in [-0.2, 0) is 11.3 Å². The highest BCUT2D eigenvalue weighted by Gasteiger charge is 2.17. The highest BCUT2D eigenvalue weighted by Crippen LogP contribution is 2.37. The molecule has 1 heterocycles. The molecule has 0 saturated carbocycles. The first kappa shape index (κ1) is 27.6. The molecule has 0 saturated heterocycles. The molecule has 1 aliphatic heterocycles. The number of rotatable bonds is 4. The van der Waals surface area contributed by atoms with E-state index in [1.807, 2.05) is 42.5 Å². The van der Waals surface area contributed by atoms with Gasteiger partial charge >= 0.3 is 0 Å². The summed E-state index contributed by atoms with van der Waals surface area (Å²) >= 11 is 6.29. The van der Waals surface area contributed by atoms with Gasteiger partial charge in [-0.05, 0) is 79.4 Å². The largest absolute Gasteiger partial charge is 0.496 e. The number of hydrogen-bond acceptors (Lipinski definition) is 5. The van der Waals surface area contributed by atoms with E-state index < -0.39 is 0 Å². The lowest BCUT2D eigenvalue weighted by molar-refractivity contribution is -0.117. The Morgan fingerprint density at radius 3 is 2.58 bits per heavy atom. The Bertz CT molecular complexity index is 1460. The fourth-order valence-corrected chi connectivity index (χ4v) is 5.01. The summed E-state index contributed by atoms with van der Waals surface area (Å²) in [5, 5.41) is 3.53. The van der Waals surface area contributed by atoms with E-state index >= 15 is 0 Å². The molecule has 0 aromatic heterocycles. The van der Waals surface area contributed by atoms with Gasteiger partial charge in [0.05, 0.1) is 25.9 Å². The van der Waals surface area contributed by atoms with E-state index in [2.05, 4.69) is 40.5 Å². The maximum absolute atomic E-state index is 13.3. The minimum atomic E-state index is -0.132. The van der Waals surface area contributed by atoms with Crippen molar-refractivity contribution in [3.63, 3.8) is 0 Å². The predicted molar refractivity (Wildman–Crippen MR) is 160 cm³/mol. The molecule has 0 spiro atoms. The summed E-state index contributed by atoms with van der Waals surface area (Å²) in [5.41, 5.74) is 3.76. The number of anilines is 1. The van der Waals surface area contributed by atoms with Gasteiger partial charge in [0.25, 0.3) is 0 Å². The fourth-order valence-electron chi connectivity index (χ4n) is 4.84. The maximum atomic E-state index is 13.3. The minimum Gasteiger partial charge on any atom is -0.496 e. The highest BCUT2D eigenvalue weighted by molar-refractivity contribution is 6.31. The van der Waals surface area contributed by atoms with Crippen molar-refractivity contribution in [2.24, 2.45) is 0 Å². The van der Waals surface area contributed by atoms with Crippen LogP contribution in [0, 0.1) is 0 Å². The van der Waals surface area contributed by atoms with Gasteiger partial charge in [-0.2, -0.15) is 0 Å². The van der Waals surface area contributed by atoms with Crippen molar-refractivity contribution in [1.29, 1.82) is 0 Å². The van der Waals surface area contributed by atoms with Crippen LogP contribution in [0.4, 0.5) is 5.69 Å². The number of para-hydroxylation sites is 3. The number of halogens is 1. The van der Waals surface area contributed by atoms with Crippen molar-refractivity contribution >= 4 is 23.2 Å². The standard InChI is InChI=1S/C33H33ClN2O4/c1-38-29-13-4-3-12-27(29)25-11-9-10-24(20-25)22-36-18-7-2-8-19-39-31-14-5-6-15-32(31)40-30-17-16-26(34)21-28(30)35-33(37)23-36/h3-6,9-17,20-21H,2,7-8,18-19,22-23H2,1H3,(H,35,37). The van der Waals surface area contributed by atoms with Crippen LogP contribution in [0.3, 0.4) is 0 Å². The number of fused-ring (bicyclic) bond motifs is 2. The van der Waals surface area contributed by atoms with E-state index in [9.17, 15) is 4.79 Å². The number of nitrogens with one attached hydrogen (secondary N) is 1. The zero-order valence-corrected chi connectivity index (χ0v) is 23.3. The van der Waals surface area contributed by atoms with Gasteiger partial charge in [0.2, 0.25) is 5.91 Å². The van der Waals surface area contributed by atoms with Gasteiger partial charge in [-0.15, -0.1) is 0 Å². The predicted octanol–water partition coefficient (Wildman–Crippen LogP) is 7.81. The Kier molecular flexibility index (Phi) is 9.22. The second kappa shape index (κ2) is 13.4. The van der Waals surface area contributed by atoms with Crippen LogP contribution in [0.15, 0.2) is 91.0 Å². The summed E-state index contributed by atoms with van der Waals surface area (Å²) < 4.78 is 17.8. The topological polar surface area (TPSA) is 60.0 Å². The summed E-state index contributed by atoms with van der Waals surface area (Å²) in [6, 6.07) is 29.2. The average Bonchev–Trinajstić information content (AvgIpc) is 2.97. The van der Waals surface area contributed by atoms with Gasteiger partial charge in [-0.3, -0.25) is 9.69 Å². The first-order valence-electron chi connectivity index (χ1n) is 13.5. The molecule has 5 rings (SSSR count). The maximum Gasteiger partial charge on any atom is 0.238 e. The Balaban J connectivity index is 1.37. The van der Waals surface area contributed by atoms with Crippen LogP contribution in [0.25, 0.3) is 11.1 Å². The van der Waals surface area contributed by atoms with Crippen LogP contribution in [-0.4, -0.2) is 37.6 Å². The van der Waals surface area contributed by atoms with Crippen molar-refractivity contribution < 1.29 is 19.0 Å². The van der Waals surface area contributed by atoms with Gasteiger partial charge in [0, 0.05) is 17.1 Å². The lowest BCUT2D eigenvalue weighted by Gasteiger charge is -2.23. The Labute approximate surface area is 240 Å². The molecule has 4 aromatic carbocycles. The van der Waals surface area contributed by atoms with Crippen LogP contribution < -0.4 is 19.5 Å². The molecule has 40 heavy (non-hydrogen) atoms. The molecular formula is C33H33ClN2O4. The second-order valence-electron chi connectivity index (χ2n) is 9.76. The monoisotopic (exact) mass is 556 g/mol. The van der Waals surface area contributed by atoms with E-state index in [1.165, 1.54) is 0 Å². The molecule has 0 aliphatic carbocycles. The third-order valence-corrected chi connectivity index (χ3v) is 7.01. The fraction of sp³-hybridized carbons (Fsp3) is 0.242. The molecule has 0 radical (unpaired) electrons. The van der Waals surface area contributed by atoms with Crippen LogP contribution in [0.5, 0.6) is 23.0 Å². The number of methoxy groups -OCH3 is 1. The normalized spacial score (nSPS) is 14.8. The summed E-state index contributed by atoms with van der Waals surface area (Å²) in [6.07, 6.45) is 2.84. The lowest BCUT2D eigenvalue weighted by Crippen LogP contribution is -2.33. The highest BCUT2D eigenvalue weighted by atomic mass is 35.5. The third-order valence-electron chi connectivity index (χ3n) is 6.78. The molecule has 206 valence electrons. The van der Waals surface area contributed by atoms with Gasteiger partial charge in [0.15, 0.2) is 17.2 Å². The molecule has 0 unspecified atom stereocenters. The summed E-state index contributed by atoms with van der Waals surface area (Å²) in [6.45, 7) is 2.24. The van der Waals surface area contributed by atoms with Crippen LogP contribution in [0.2, 0.25) is 5.02 Å². The van der Waals surface area contributed by atoms with Gasteiger partial charge in [-0.1, -0.05) is 60.1 Å². The number of carbonyl (C=O) groups excluding carboxylic acids is 1. The second-order valence-corrected chi connectivity index (χ2v) is 10.2. The molecule has 1 amide bonds. The average molecular weight is 557 g/mol. The number of ether oxygens (including phenoxy) is 3. The molecule has 0 atom stereocenters. The molecule has 4 aromatic rings. The quantitative estimate of drug-likeness (QED) is 0.278. The van der Waals surface area contributed by atoms with Crippen LogP contribution >= 0.6 is 11.6 Å². The SMILES string of the molecule is COc1ccccc1-c1cccc(CN2CCCCCOc3ccccc3Oc3ccc(Cl)cc3NC(=O)C2)c1. The van der Waals surface area contributed by atoms with Gasteiger partial charge in [0.1, 0.15) is 5.75 Å². The molecule has 1 aliphatic rings. The molecule has 6 nitrogen and oxygen atoms in total. The van der Waals surface area contributed by atoms with E-state index in [4.69, 9.17) is 25.8 Å². The molecular weight excluding hydrogens is 524 g/mol. The number of amides is 1. The van der Waals surface area contributed by atoms with E-state index in [1.54, 1.807) is 25.3 Å². The van der Waals surface area contributed by atoms with E-state index in [0.717, 1.165) is 48.2 Å². The Morgan fingerprint density at radius 2 is 1.70 bits per heavy atom. The minimum absolute atomic E-state index is 0.132. The van der Waals surface area contributed by atoms with E-state index in [0.29, 0.717) is 41.1 Å². The summed E-state index contributed by atoms with van der Waals surface area (Å²) in [4.78, 5) is 15.5. The third kappa shape index (κ3) is 7.14. The molecule has 7 heteroatoms. The molecule has 0 fully saturated rings. The van der Waals surface area contributed by atoms with Crippen molar-refractivity contribution in [3.8, 4) is 34.1 Å². The summed E-state index contributed by atoms with van der Waals surface area (Å²) in [5.74, 6) is 2.46. The smallest absolute Gasteiger partial charge is 0.238 e. The van der Waals surface area contributed by atoms with Crippen LogP contribution in [0.1, 0.15) is 24.8 Å². The van der Waals surface area contributed by atoms with Crippen molar-refractivity contribution in [1.82, 2.24) is 4.90 Å². The van der Waals surface area contributed by atoms with Crippen molar-refractivity contribution in [2.45, 2.75) is 25.8 Å². The number of nitrogens with zero attached hydrogens (tertiary/aromatic N) is 1. The molecule has 0 bridgehead atoms. The number of benzene rings is 4. The zero-order valence-electron chi connectivity index (χ0n) is 22.6. The number of hydrogen-bond donors (Lipinski definition) is 1. The van der Waals surface area contributed by atoms with E-state index in [-0.39, 0.29) is 12.5 Å². The summed E-state index contributed by atoms with van der Waals surface area (Å²) in [7, 11) is 1.68. The van der Waals surface area contributed by atoms with Crippen molar-refractivity contribution in [3.05, 3.63) is 102 Å². The Hall–Kier alpha value is -4.00.